The van der Waals surface area contributed by atoms with Gasteiger partial charge in [0.1, 0.15) is 5.75 Å². The molecule has 3 aromatic rings. The smallest absolute Gasteiger partial charge is 0.262 e. The van der Waals surface area contributed by atoms with Gasteiger partial charge >= 0.3 is 0 Å². The summed E-state index contributed by atoms with van der Waals surface area (Å²) in [7, 11) is 0. The minimum atomic E-state index is -0.224. The number of hydrogen-bond acceptors (Lipinski definition) is 5. The van der Waals surface area contributed by atoms with Crippen molar-refractivity contribution in [3.63, 3.8) is 0 Å². The molecule has 2 heterocycles. The van der Waals surface area contributed by atoms with Crippen LogP contribution < -0.4 is 15.0 Å². The van der Waals surface area contributed by atoms with E-state index >= 15 is 0 Å². The number of ether oxygens (including phenoxy) is 1. The van der Waals surface area contributed by atoms with Crippen LogP contribution in [0.25, 0.3) is 0 Å². The van der Waals surface area contributed by atoms with Crippen molar-refractivity contribution < 1.29 is 9.53 Å². The van der Waals surface area contributed by atoms with Gasteiger partial charge in [0.15, 0.2) is 6.61 Å². The third kappa shape index (κ3) is 4.16. The number of nitriles is 1. The number of anilines is 2. The molecule has 1 amide bonds. The van der Waals surface area contributed by atoms with Gasteiger partial charge in [-0.25, -0.2) is 0 Å². The van der Waals surface area contributed by atoms with Crippen LogP contribution in [0.1, 0.15) is 16.0 Å². The van der Waals surface area contributed by atoms with Crippen molar-refractivity contribution in [2.45, 2.75) is 13.0 Å². The monoisotopic (exact) mass is 389 g/mol. The number of rotatable bonds is 5. The van der Waals surface area contributed by atoms with Crippen LogP contribution in [0.3, 0.4) is 0 Å². The first-order chi connectivity index (χ1) is 13.7. The van der Waals surface area contributed by atoms with Gasteiger partial charge < -0.3 is 15.0 Å². The third-order valence-corrected chi connectivity index (χ3v) is 5.70. The highest BCUT2D eigenvalue weighted by Gasteiger charge is 2.17. The summed E-state index contributed by atoms with van der Waals surface area (Å²) in [5, 5.41) is 13.8. The first kappa shape index (κ1) is 18.1. The second kappa shape index (κ2) is 8.15. The third-order valence-electron chi connectivity index (χ3n) is 4.68. The first-order valence-corrected chi connectivity index (χ1v) is 9.92. The van der Waals surface area contributed by atoms with Crippen LogP contribution in [0.4, 0.5) is 11.4 Å². The van der Waals surface area contributed by atoms with Crippen molar-refractivity contribution in [2.24, 2.45) is 0 Å². The average Bonchev–Trinajstić information content (AvgIpc) is 3.21. The Hall–Kier alpha value is -3.30. The van der Waals surface area contributed by atoms with Gasteiger partial charge in [0.05, 0.1) is 11.6 Å². The van der Waals surface area contributed by atoms with Gasteiger partial charge in [-0.05, 0) is 72.0 Å². The summed E-state index contributed by atoms with van der Waals surface area (Å²) in [5.74, 6) is 0.334. The number of fused-ring (bicyclic) bond motifs is 1. The maximum atomic E-state index is 12.1. The van der Waals surface area contributed by atoms with Crippen LogP contribution in [-0.2, 0) is 17.8 Å². The van der Waals surface area contributed by atoms with Gasteiger partial charge in [0.2, 0.25) is 0 Å². The highest BCUT2D eigenvalue weighted by Crippen LogP contribution is 2.28. The fourth-order valence-corrected chi connectivity index (χ4v) is 4.09. The number of amides is 1. The van der Waals surface area contributed by atoms with E-state index in [1.807, 2.05) is 41.7 Å². The molecule has 1 N–H and O–H groups in total. The number of hydrogen-bond donors (Lipinski definition) is 1. The molecule has 1 aromatic heterocycles. The Kier molecular flexibility index (Phi) is 5.27. The molecule has 0 fully saturated rings. The SMILES string of the molecule is N#Cc1ccc(OCC(=O)Nc2ccc(N3CCc4sccc4C3)cc2)cc1. The molecule has 0 saturated carbocycles. The van der Waals surface area contributed by atoms with Gasteiger partial charge in [-0.3, -0.25) is 4.79 Å². The van der Waals surface area contributed by atoms with Crippen molar-refractivity contribution in [3.05, 3.63) is 76.0 Å². The molecule has 0 unspecified atom stereocenters. The largest absolute Gasteiger partial charge is 0.484 e. The molecule has 5 nitrogen and oxygen atoms in total. The normalized spacial score (nSPS) is 12.8. The number of carbonyl (C=O) groups excluding carboxylic acids is 1. The van der Waals surface area contributed by atoms with Crippen molar-refractivity contribution in [1.82, 2.24) is 0 Å². The van der Waals surface area contributed by atoms with Crippen LogP contribution >= 0.6 is 11.3 Å². The summed E-state index contributed by atoms with van der Waals surface area (Å²) in [6.07, 6.45) is 1.08. The van der Waals surface area contributed by atoms with Crippen molar-refractivity contribution in [3.8, 4) is 11.8 Å². The number of thiophene rings is 1. The second-order valence-corrected chi connectivity index (χ2v) is 7.56. The highest BCUT2D eigenvalue weighted by molar-refractivity contribution is 7.10. The lowest BCUT2D eigenvalue weighted by Gasteiger charge is -2.29. The Morgan fingerprint density at radius 1 is 1.14 bits per heavy atom. The van der Waals surface area contributed by atoms with E-state index < -0.39 is 0 Å². The van der Waals surface area contributed by atoms with Crippen LogP contribution in [-0.4, -0.2) is 19.1 Å². The zero-order chi connectivity index (χ0) is 19.3. The summed E-state index contributed by atoms with van der Waals surface area (Å²) in [5.41, 5.74) is 3.86. The lowest BCUT2D eigenvalue weighted by atomic mass is 10.1. The van der Waals surface area contributed by atoms with E-state index in [0.29, 0.717) is 11.3 Å². The Morgan fingerprint density at radius 3 is 2.68 bits per heavy atom. The molecule has 0 saturated heterocycles. The summed E-state index contributed by atoms with van der Waals surface area (Å²) in [4.78, 5) is 15.9. The minimum absolute atomic E-state index is 0.0826. The molecule has 0 atom stereocenters. The van der Waals surface area contributed by atoms with Crippen LogP contribution in [0, 0.1) is 11.3 Å². The molecule has 0 aliphatic carbocycles. The number of nitrogens with zero attached hydrogens (tertiary/aromatic N) is 2. The van der Waals surface area contributed by atoms with Crippen LogP contribution in [0.15, 0.2) is 60.0 Å². The number of carbonyl (C=O) groups is 1. The predicted octanol–water partition coefficient (Wildman–Crippen LogP) is 4.20. The second-order valence-electron chi connectivity index (χ2n) is 6.56. The quantitative estimate of drug-likeness (QED) is 0.710. The maximum absolute atomic E-state index is 12.1. The standard InChI is InChI=1S/C22H19N3O2S/c23-13-16-1-7-20(8-2-16)27-15-22(26)24-18-3-5-19(6-4-18)25-11-9-21-17(14-25)10-12-28-21/h1-8,10,12H,9,11,14-15H2,(H,24,26). The molecular formula is C22H19N3O2S. The Bertz CT molecular complexity index is 1000. The maximum Gasteiger partial charge on any atom is 0.262 e. The Labute approximate surface area is 167 Å². The molecule has 28 heavy (non-hydrogen) atoms. The van der Waals surface area contributed by atoms with E-state index in [2.05, 4.69) is 21.7 Å². The average molecular weight is 389 g/mol. The van der Waals surface area contributed by atoms with Gasteiger partial charge in [-0.2, -0.15) is 5.26 Å². The zero-order valence-electron chi connectivity index (χ0n) is 15.2. The molecular weight excluding hydrogens is 370 g/mol. The molecule has 4 rings (SSSR count). The summed E-state index contributed by atoms with van der Waals surface area (Å²) >= 11 is 1.84. The van der Waals surface area contributed by atoms with E-state index in [1.54, 1.807) is 24.3 Å². The lowest BCUT2D eigenvalue weighted by Crippen LogP contribution is -2.29. The molecule has 2 aromatic carbocycles. The minimum Gasteiger partial charge on any atom is -0.484 e. The van der Waals surface area contributed by atoms with E-state index in [4.69, 9.17) is 10.00 Å². The zero-order valence-corrected chi connectivity index (χ0v) is 16.0. The molecule has 1 aliphatic rings. The molecule has 1 aliphatic heterocycles. The van der Waals surface area contributed by atoms with E-state index in [-0.39, 0.29) is 12.5 Å². The first-order valence-electron chi connectivity index (χ1n) is 9.04. The summed E-state index contributed by atoms with van der Waals surface area (Å²) in [6.45, 7) is 1.86. The van der Waals surface area contributed by atoms with Gasteiger partial charge in [-0.15, -0.1) is 11.3 Å². The van der Waals surface area contributed by atoms with Crippen molar-refractivity contribution >= 4 is 28.6 Å². The van der Waals surface area contributed by atoms with Crippen molar-refractivity contribution in [1.29, 1.82) is 5.26 Å². The predicted molar refractivity (Wildman–Crippen MR) is 111 cm³/mol. The molecule has 140 valence electrons. The van der Waals surface area contributed by atoms with E-state index in [9.17, 15) is 4.79 Å². The van der Waals surface area contributed by atoms with E-state index in [0.717, 1.165) is 30.9 Å². The molecule has 0 spiro atoms. The van der Waals surface area contributed by atoms with E-state index in [1.165, 1.54) is 10.4 Å². The fraction of sp³-hybridized carbons (Fsp3) is 0.182. The summed E-state index contributed by atoms with van der Waals surface area (Å²) in [6, 6.07) is 18.8. The van der Waals surface area contributed by atoms with Gasteiger partial charge in [-0.1, -0.05) is 0 Å². The Morgan fingerprint density at radius 2 is 1.93 bits per heavy atom. The fourth-order valence-electron chi connectivity index (χ4n) is 3.20. The highest BCUT2D eigenvalue weighted by atomic mass is 32.1. The number of nitrogens with one attached hydrogen (secondary N) is 1. The van der Waals surface area contributed by atoms with Crippen LogP contribution in [0.2, 0.25) is 0 Å². The van der Waals surface area contributed by atoms with Crippen molar-refractivity contribution in [2.75, 3.05) is 23.4 Å². The molecule has 6 heteroatoms. The number of benzene rings is 2. The van der Waals surface area contributed by atoms with Crippen LogP contribution in [0.5, 0.6) is 5.75 Å². The molecule has 0 bridgehead atoms. The van der Waals surface area contributed by atoms with Gasteiger partial charge in [0.25, 0.3) is 5.91 Å². The topological polar surface area (TPSA) is 65.4 Å². The molecule has 0 radical (unpaired) electrons. The Balaban J connectivity index is 1.30. The van der Waals surface area contributed by atoms with Gasteiger partial charge in [0, 0.05) is 29.3 Å². The lowest BCUT2D eigenvalue weighted by molar-refractivity contribution is -0.118. The summed E-state index contributed by atoms with van der Waals surface area (Å²) < 4.78 is 5.46.